The molecule has 0 fully saturated rings. The van der Waals surface area contributed by atoms with Crippen molar-refractivity contribution in [1.82, 2.24) is 4.98 Å². The number of carbonyl (C=O) groups excluding carboxylic acids is 1. The lowest BCUT2D eigenvalue weighted by Crippen LogP contribution is -2.19. The molecule has 1 aromatic heterocycles. The Morgan fingerprint density at radius 2 is 2.42 bits per heavy atom. The van der Waals surface area contributed by atoms with E-state index in [-0.39, 0.29) is 11.9 Å². The average molecular weight is 281 g/mol. The van der Waals surface area contributed by atoms with Crippen molar-refractivity contribution in [1.29, 1.82) is 0 Å². The van der Waals surface area contributed by atoms with E-state index < -0.39 is 0 Å². The lowest BCUT2D eigenvalue weighted by atomic mass is 9.89. The smallest absolute Gasteiger partial charge is 0.226 e. The Kier molecular flexibility index (Phi) is 4.93. The molecular weight excluding hydrogens is 258 g/mol. The molecule has 0 aromatic carbocycles. The Hall–Kier alpha value is -0.940. The van der Waals surface area contributed by atoms with Crippen LogP contribution >= 0.6 is 11.3 Å². The first kappa shape index (κ1) is 14.5. The lowest BCUT2D eigenvalue weighted by molar-refractivity contribution is -0.116. The summed E-state index contributed by atoms with van der Waals surface area (Å²) >= 11 is 1.64. The number of aromatic nitrogens is 1. The van der Waals surface area contributed by atoms with Crippen molar-refractivity contribution in [3.63, 3.8) is 0 Å². The van der Waals surface area contributed by atoms with Crippen LogP contribution in [0.3, 0.4) is 0 Å². The van der Waals surface area contributed by atoms with Gasteiger partial charge in [-0.15, -0.1) is 11.3 Å². The summed E-state index contributed by atoms with van der Waals surface area (Å²) in [4.78, 5) is 17.7. The maximum absolute atomic E-state index is 11.8. The van der Waals surface area contributed by atoms with Crippen molar-refractivity contribution in [2.45, 2.75) is 58.4 Å². The summed E-state index contributed by atoms with van der Waals surface area (Å²) in [5, 5.41) is 3.66. The van der Waals surface area contributed by atoms with Crippen LogP contribution in [0.4, 0.5) is 5.13 Å². The van der Waals surface area contributed by atoms with E-state index in [9.17, 15) is 4.79 Å². The molecule has 3 N–H and O–H groups in total. The predicted molar refractivity (Wildman–Crippen MR) is 79.4 cm³/mol. The first-order chi connectivity index (χ1) is 9.08. The highest BCUT2D eigenvalue weighted by Gasteiger charge is 2.21. The van der Waals surface area contributed by atoms with Crippen LogP contribution in [0.2, 0.25) is 0 Å². The fraction of sp³-hybridized carbons (Fsp3) is 0.714. The SMILES string of the molecule is CCC1CCc2nc(NC(=O)CCC(C)N)sc2C1. The molecule has 106 valence electrons. The molecule has 2 unspecified atom stereocenters. The van der Waals surface area contributed by atoms with Crippen LogP contribution in [0.15, 0.2) is 0 Å². The fourth-order valence-corrected chi connectivity index (χ4v) is 3.52. The molecule has 1 amide bonds. The molecule has 0 bridgehead atoms. The first-order valence-corrected chi connectivity index (χ1v) is 7.94. The highest BCUT2D eigenvalue weighted by Crippen LogP contribution is 2.33. The largest absolute Gasteiger partial charge is 0.328 e. The van der Waals surface area contributed by atoms with Crippen LogP contribution in [-0.4, -0.2) is 16.9 Å². The Balaban J connectivity index is 1.92. The zero-order valence-electron chi connectivity index (χ0n) is 11.7. The number of rotatable bonds is 5. The van der Waals surface area contributed by atoms with E-state index in [0.717, 1.165) is 30.3 Å². The molecule has 0 spiro atoms. The first-order valence-electron chi connectivity index (χ1n) is 7.12. The predicted octanol–water partition coefficient (Wildman–Crippen LogP) is 2.72. The van der Waals surface area contributed by atoms with Gasteiger partial charge in [0.2, 0.25) is 5.91 Å². The molecule has 0 aliphatic heterocycles. The van der Waals surface area contributed by atoms with Crippen molar-refractivity contribution < 1.29 is 4.79 Å². The van der Waals surface area contributed by atoms with Crippen LogP contribution in [0.25, 0.3) is 0 Å². The van der Waals surface area contributed by atoms with Gasteiger partial charge in [-0.2, -0.15) is 0 Å². The number of aryl methyl sites for hydroxylation is 1. The Labute approximate surface area is 118 Å². The second kappa shape index (κ2) is 6.48. The van der Waals surface area contributed by atoms with Gasteiger partial charge in [0.25, 0.3) is 0 Å². The zero-order valence-corrected chi connectivity index (χ0v) is 12.6. The summed E-state index contributed by atoms with van der Waals surface area (Å²) in [6, 6.07) is 0.0700. The zero-order chi connectivity index (χ0) is 13.8. The van der Waals surface area contributed by atoms with Crippen molar-refractivity contribution in [2.24, 2.45) is 11.7 Å². The second-order valence-corrected chi connectivity index (χ2v) is 6.55. The third-order valence-corrected chi connectivity index (χ3v) is 4.73. The molecule has 19 heavy (non-hydrogen) atoms. The number of thiazole rings is 1. The molecule has 0 saturated carbocycles. The Bertz CT molecular complexity index is 442. The number of nitrogens with one attached hydrogen (secondary N) is 1. The summed E-state index contributed by atoms with van der Waals surface area (Å²) in [6.45, 7) is 4.16. The van der Waals surface area contributed by atoms with E-state index in [4.69, 9.17) is 5.73 Å². The van der Waals surface area contributed by atoms with E-state index in [1.807, 2.05) is 6.92 Å². The van der Waals surface area contributed by atoms with Gasteiger partial charge in [0.05, 0.1) is 5.69 Å². The quantitative estimate of drug-likeness (QED) is 0.872. The summed E-state index contributed by atoms with van der Waals surface area (Å²) in [5.74, 6) is 0.810. The molecule has 1 aliphatic carbocycles. The normalized spacial score (nSPS) is 19.8. The van der Waals surface area contributed by atoms with Crippen LogP contribution in [-0.2, 0) is 17.6 Å². The highest BCUT2D eigenvalue weighted by atomic mass is 32.1. The summed E-state index contributed by atoms with van der Waals surface area (Å²) in [6.07, 6.45) is 5.83. The lowest BCUT2D eigenvalue weighted by Gasteiger charge is -2.18. The Morgan fingerprint density at radius 3 is 3.11 bits per heavy atom. The second-order valence-electron chi connectivity index (χ2n) is 5.47. The molecular formula is C14H23N3OS. The van der Waals surface area contributed by atoms with Gasteiger partial charge in [-0.1, -0.05) is 13.3 Å². The maximum atomic E-state index is 11.8. The number of nitrogens with two attached hydrogens (primary N) is 1. The van der Waals surface area contributed by atoms with Crippen LogP contribution in [0.5, 0.6) is 0 Å². The van der Waals surface area contributed by atoms with Gasteiger partial charge >= 0.3 is 0 Å². The number of anilines is 1. The fourth-order valence-electron chi connectivity index (χ4n) is 2.39. The van der Waals surface area contributed by atoms with Crippen LogP contribution in [0.1, 0.15) is 50.1 Å². The number of nitrogens with zero attached hydrogens (tertiary/aromatic N) is 1. The van der Waals surface area contributed by atoms with Crippen molar-refractivity contribution >= 4 is 22.4 Å². The van der Waals surface area contributed by atoms with Crippen LogP contribution < -0.4 is 11.1 Å². The molecule has 1 aliphatic rings. The van der Waals surface area contributed by atoms with Crippen LogP contribution in [0, 0.1) is 5.92 Å². The van der Waals surface area contributed by atoms with Gasteiger partial charge in [-0.25, -0.2) is 4.98 Å². The topological polar surface area (TPSA) is 68.0 Å². The van der Waals surface area contributed by atoms with Gasteiger partial charge < -0.3 is 11.1 Å². The molecule has 5 heteroatoms. The van der Waals surface area contributed by atoms with Gasteiger partial charge in [-0.05, 0) is 38.5 Å². The molecule has 0 radical (unpaired) electrons. The standard InChI is InChI=1S/C14H23N3OS/c1-3-10-5-6-11-12(8-10)19-14(16-11)17-13(18)7-4-9(2)15/h9-10H,3-8,15H2,1-2H3,(H,16,17,18). The molecule has 1 aromatic rings. The summed E-state index contributed by atoms with van der Waals surface area (Å²) in [5.41, 5.74) is 6.84. The van der Waals surface area contributed by atoms with Crippen molar-refractivity contribution in [3.05, 3.63) is 10.6 Å². The number of amides is 1. The van der Waals surface area contributed by atoms with Gasteiger partial charge in [-0.3, -0.25) is 4.79 Å². The third-order valence-electron chi connectivity index (χ3n) is 3.69. The number of hydrogen-bond donors (Lipinski definition) is 2. The number of fused-ring (bicyclic) bond motifs is 1. The minimum absolute atomic E-state index is 0.0236. The molecule has 4 nitrogen and oxygen atoms in total. The molecule has 0 saturated heterocycles. The number of carbonyl (C=O) groups is 1. The van der Waals surface area contributed by atoms with E-state index in [2.05, 4.69) is 17.2 Å². The Morgan fingerprint density at radius 1 is 1.63 bits per heavy atom. The minimum atomic E-state index is 0.0236. The minimum Gasteiger partial charge on any atom is -0.328 e. The summed E-state index contributed by atoms with van der Waals surface area (Å²) < 4.78 is 0. The molecule has 1 heterocycles. The highest BCUT2D eigenvalue weighted by molar-refractivity contribution is 7.15. The number of hydrogen-bond acceptors (Lipinski definition) is 4. The van der Waals surface area contributed by atoms with Crippen molar-refractivity contribution in [3.8, 4) is 0 Å². The van der Waals surface area contributed by atoms with E-state index in [1.54, 1.807) is 11.3 Å². The summed E-state index contributed by atoms with van der Waals surface area (Å²) in [7, 11) is 0. The van der Waals surface area contributed by atoms with Gasteiger partial charge in [0, 0.05) is 17.3 Å². The van der Waals surface area contributed by atoms with E-state index in [1.165, 1.54) is 23.4 Å². The average Bonchev–Trinajstić information content (AvgIpc) is 2.77. The van der Waals surface area contributed by atoms with E-state index >= 15 is 0 Å². The van der Waals surface area contributed by atoms with E-state index in [0.29, 0.717) is 6.42 Å². The van der Waals surface area contributed by atoms with Crippen molar-refractivity contribution in [2.75, 3.05) is 5.32 Å². The molecule has 2 rings (SSSR count). The van der Waals surface area contributed by atoms with Gasteiger partial charge in [0.15, 0.2) is 5.13 Å². The third kappa shape index (κ3) is 4.01. The monoisotopic (exact) mass is 281 g/mol. The molecule has 2 atom stereocenters. The van der Waals surface area contributed by atoms with Gasteiger partial charge in [0.1, 0.15) is 0 Å². The maximum Gasteiger partial charge on any atom is 0.226 e.